The Hall–Kier alpha value is -0.770. The zero-order chi connectivity index (χ0) is 13.7. The molecule has 0 aromatic heterocycles. The molecule has 0 amide bonds. The van der Waals surface area contributed by atoms with Crippen LogP contribution in [-0.2, 0) is 4.74 Å². The second kappa shape index (κ2) is 6.60. The van der Waals surface area contributed by atoms with Gasteiger partial charge in [0.05, 0.1) is 6.10 Å². The highest BCUT2D eigenvalue weighted by atomic mass is 16.5. The van der Waals surface area contributed by atoms with Gasteiger partial charge in [0.15, 0.2) is 5.96 Å². The van der Waals surface area contributed by atoms with Crippen LogP contribution < -0.4 is 11.1 Å². The summed E-state index contributed by atoms with van der Waals surface area (Å²) >= 11 is 0. The maximum absolute atomic E-state index is 5.91. The van der Waals surface area contributed by atoms with Gasteiger partial charge in [0.25, 0.3) is 0 Å². The predicted molar refractivity (Wildman–Crippen MR) is 79.2 cm³/mol. The lowest BCUT2D eigenvalue weighted by molar-refractivity contribution is 0.114. The molecule has 0 radical (unpaired) electrons. The van der Waals surface area contributed by atoms with Crippen LogP contribution >= 0.6 is 0 Å². The molecule has 0 bridgehead atoms. The van der Waals surface area contributed by atoms with E-state index in [2.05, 4.69) is 24.2 Å². The fourth-order valence-electron chi connectivity index (χ4n) is 2.95. The van der Waals surface area contributed by atoms with Gasteiger partial charge in [-0.2, -0.15) is 0 Å². The fourth-order valence-corrected chi connectivity index (χ4v) is 2.95. The zero-order valence-corrected chi connectivity index (χ0v) is 12.5. The van der Waals surface area contributed by atoms with Gasteiger partial charge in [-0.3, -0.25) is 4.99 Å². The highest BCUT2D eigenvalue weighted by Crippen LogP contribution is 2.37. The molecular formula is C15H29N3O. The van der Waals surface area contributed by atoms with E-state index in [1.807, 2.05) is 0 Å². The van der Waals surface area contributed by atoms with Gasteiger partial charge in [-0.25, -0.2) is 0 Å². The van der Waals surface area contributed by atoms with Crippen molar-refractivity contribution in [2.45, 2.75) is 58.5 Å². The van der Waals surface area contributed by atoms with E-state index < -0.39 is 0 Å². The largest absolute Gasteiger partial charge is 0.376 e. The molecule has 4 heteroatoms. The van der Waals surface area contributed by atoms with E-state index in [4.69, 9.17) is 10.5 Å². The zero-order valence-electron chi connectivity index (χ0n) is 12.5. The fraction of sp³-hybridized carbons (Fsp3) is 0.933. The molecular weight excluding hydrogens is 238 g/mol. The van der Waals surface area contributed by atoms with Crippen molar-refractivity contribution < 1.29 is 4.74 Å². The number of rotatable bonds is 4. The summed E-state index contributed by atoms with van der Waals surface area (Å²) in [7, 11) is 0. The van der Waals surface area contributed by atoms with Gasteiger partial charge < -0.3 is 15.8 Å². The Balaban J connectivity index is 1.64. The number of hydrogen-bond donors (Lipinski definition) is 2. The van der Waals surface area contributed by atoms with E-state index in [0.29, 0.717) is 17.5 Å². The van der Waals surface area contributed by atoms with E-state index in [1.54, 1.807) is 0 Å². The first kappa shape index (κ1) is 14.6. The molecule has 1 aliphatic heterocycles. The van der Waals surface area contributed by atoms with Gasteiger partial charge >= 0.3 is 0 Å². The second-order valence-electron chi connectivity index (χ2n) is 6.85. The maximum Gasteiger partial charge on any atom is 0.188 e. The maximum atomic E-state index is 5.91. The average molecular weight is 267 g/mol. The number of nitrogens with two attached hydrogens (primary N) is 1. The molecule has 1 saturated carbocycles. The van der Waals surface area contributed by atoms with Crippen molar-refractivity contribution in [1.82, 2.24) is 5.32 Å². The van der Waals surface area contributed by atoms with Crippen molar-refractivity contribution in [1.29, 1.82) is 0 Å². The predicted octanol–water partition coefficient (Wildman–Crippen LogP) is 2.29. The lowest BCUT2D eigenvalue weighted by Crippen LogP contribution is -2.37. The second-order valence-corrected chi connectivity index (χ2v) is 6.85. The molecule has 0 spiro atoms. The normalized spacial score (nSPS) is 28.5. The average Bonchev–Trinajstić information content (AvgIpc) is 2.88. The van der Waals surface area contributed by atoms with Crippen LogP contribution in [0.1, 0.15) is 52.4 Å². The number of hydrogen-bond acceptors (Lipinski definition) is 2. The minimum absolute atomic E-state index is 0.323. The van der Waals surface area contributed by atoms with Gasteiger partial charge in [-0.15, -0.1) is 0 Å². The van der Waals surface area contributed by atoms with Gasteiger partial charge in [-0.05, 0) is 49.9 Å². The molecule has 1 heterocycles. The Morgan fingerprint density at radius 3 is 2.68 bits per heavy atom. The molecule has 2 fully saturated rings. The van der Waals surface area contributed by atoms with Crippen molar-refractivity contribution in [2.75, 3.05) is 19.7 Å². The summed E-state index contributed by atoms with van der Waals surface area (Å²) in [5.41, 5.74) is 6.44. The summed E-state index contributed by atoms with van der Waals surface area (Å²) in [5.74, 6) is 1.30. The first-order valence-electron chi connectivity index (χ1n) is 7.70. The standard InChI is InChI=1S/C15H29N3O/c1-15(2)7-5-12(6-8-15)10-17-14(16)18-11-13-4-3-9-19-13/h12-13H,3-11H2,1-2H3,(H3,16,17,18). The van der Waals surface area contributed by atoms with Crippen LogP contribution in [0.5, 0.6) is 0 Å². The van der Waals surface area contributed by atoms with Gasteiger partial charge in [0.2, 0.25) is 0 Å². The molecule has 1 aliphatic carbocycles. The lowest BCUT2D eigenvalue weighted by Gasteiger charge is -2.33. The summed E-state index contributed by atoms with van der Waals surface area (Å²) in [5, 5.41) is 3.18. The van der Waals surface area contributed by atoms with Crippen LogP contribution in [0.4, 0.5) is 0 Å². The molecule has 2 rings (SSSR count). The summed E-state index contributed by atoms with van der Waals surface area (Å²) in [4.78, 5) is 4.48. The van der Waals surface area contributed by atoms with Crippen molar-refractivity contribution in [3.05, 3.63) is 0 Å². The van der Waals surface area contributed by atoms with Crippen molar-refractivity contribution >= 4 is 5.96 Å². The SMILES string of the molecule is CC1(C)CCC(CN=C(N)NCC2CCCO2)CC1. The number of nitrogens with one attached hydrogen (secondary N) is 1. The Bertz CT molecular complexity index is 299. The Kier molecular flexibility index (Phi) is 5.08. The number of guanidine groups is 1. The molecule has 2 aliphatic rings. The summed E-state index contributed by atoms with van der Waals surface area (Å²) in [6, 6.07) is 0. The minimum atomic E-state index is 0.323. The Labute approximate surface area is 117 Å². The van der Waals surface area contributed by atoms with E-state index in [-0.39, 0.29) is 0 Å². The summed E-state index contributed by atoms with van der Waals surface area (Å²) in [6.07, 6.45) is 7.83. The van der Waals surface area contributed by atoms with Gasteiger partial charge in [-0.1, -0.05) is 13.8 Å². The monoisotopic (exact) mass is 267 g/mol. The molecule has 1 atom stereocenters. The minimum Gasteiger partial charge on any atom is -0.376 e. The van der Waals surface area contributed by atoms with E-state index in [1.165, 1.54) is 32.1 Å². The van der Waals surface area contributed by atoms with Crippen molar-refractivity contribution in [3.8, 4) is 0 Å². The number of ether oxygens (including phenoxy) is 1. The van der Waals surface area contributed by atoms with Crippen LogP contribution in [-0.4, -0.2) is 31.8 Å². The van der Waals surface area contributed by atoms with Crippen LogP contribution in [0.15, 0.2) is 4.99 Å². The highest BCUT2D eigenvalue weighted by Gasteiger charge is 2.26. The Morgan fingerprint density at radius 1 is 1.32 bits per heavy atom. The third-order valence-electron chi connectivity index (χ3n) is 4.51. The van der Waals surface area contributed by atoms with Crippen molar-refractivity contribution in [3.63, 3.8) is 0 Å². The highest BCUT2D eigenvalue weighted by molar-refractivity contribution is 5.77. The summed E-state index contributed by atoms with van der Waals surface area (Å²) in [6.45, 7) is 7.29. The molecule has 0 aromatic rings. The van der Waals surface area contributed by atoms with Crippen LogP contribution in [0, 0.1) is 11.3 Å². The van der Waals surface area contributed by atoms with E-state index in [9.17, 15) is 0 Å². The molecule has 3 N–H and O–H groups in total. The molecule has 1 unspecified atom stereocenters. The summed E-state index contributed by atoms with van der Waals surface area (Å²) < 4.78 is 5.55. The van der Waals surface area contributed by atoms with Crippen molar-refractivity contribution in [2.24, 2.45) is 22.1 Å². The molecule has 19 heavy (non-hydrogen) atoms. The number of aliphatic imine (C=N–C) groups is 1. The first-order valence-corrected chi connectivity index (χ1v) is 7.70. The Morgan fingerprint density at radius 2 is 2.05 bits per heavy atom. The smallest absolute Gasteiger partial charge is 0.188 e. The molecule has 1 saturated heterocycles. The quantitative estimate of drug-likeness (QED) is 0.607. The van der Waals surface area contributed by atoms with Crippen LogP contribution in [0.3, 0.4) is 0 Å². The molecule has 110 valence electrons. The van der Waals surface area contributed by atoms with E-state index >= 15 is 0 Å². The van der Waals surface area contributed by atoms with E-state index in [0.717, 1.165) is 32.0 Å². The number of nitrogens with zero attached hydrogens (tertiary/aromatic N) is 1. The van der Waals surface area contributed by atoms with Gasteiger partial charge in [0, 0.05) is 19.7 Å². The lowest BCUT2D eigenvalue weighted by atomic mass is 9.73. The first-order chi connectivity index (χ1) is 9.05. The third kappa shape index (κ3) is 5.01. The third-order valence-corrected chi connectivity index (χ3v) is 4.51. The van der Waals surface area contributed by atoms with Gasteiger partial charge in [0.1, 0.15) is 0 Å². The topological polar surface area (TPSA) is 59.6 Å². The van der Waals surface area contributed by atoms with Crippen LogP contribution in [0.25, 0.3) is 0 Å². The molecule has 0 aromatic carbocycles. The van der Waals surface area contributed by atoms with Crippen LogP contribution in [0.2, 0.25) is 0 Å². The molecule has 4 nitrogen and oxygen atoms in total.